The first kappa shape index (κ1) is 9.86. The van der Waals surface area contributed by atoms with Crippen molar-refractivity contribution in [2.75, 3.05) is 19.6 Å². The van der Waals surface area contributed by atoms with E-state index >= 15 is 0 Å². The van der Waals surface area contributed by atoms with Crippen LogP contribution in [-0.4, -0.2) is 35.7 Å². The molecule has 2 aliphatic carbocycles. The van der Waals surface area contributed by atoms with Crippen molar-refractivity contribution in [2.45, 2.75) is 31.8 Å². The SMILES string of the molecule is OC1CCN(C[C@@H]2C[C@H]3C=C[C@@H]2C3)CC1. The van der Waals surface area contributed by atoms with Gasteiger partial charge in [0.15, 0.2) is 0 Å². The largest absolute Gasteiger partial charge is 0.393 e. The monoisotopic (exact) mass is 207 g/mol. The van der Waals surface area contributed by atoms with E-state index in [9.17, 15) is 5.11 Å². The molecule has 84 valence electrons. The van der Waals surface area contributed by atoms with Gasteiger partial charge in [0.2, 0.25) is 0 Å². The van der Waals surface area contributed by atoms with Crippen LogP contribution in [0.5, 0.6) is 0 Å². The van der Waals surface area contributed by atoms with Gasteiger partial charge in [0.25, 0.3) is 0 Å². The molecule has 0 aromatic rings. The second-order valence-electron chi connectivity index (χ2n) is 5.57. The third-order valence-corrected chi connectivity index (χ3v) is 4.47. The van der Waals surface area contributed by atoms with Gasteiger partial charge in [-0.2, -0.15) is 0 Å². The second-order valence-corrected chi connectivity index (χ2v) is 5.57. The summed E-state index contributed by atoms with van der Waals surface area (Å²) in [7, 11) is 0. The smallest absolute Gasteiger partial charge is 0.0564 e. The summed E-state index contributed by atoms with van der Waals surface area (Å²) in [6.07, 6.45) is 9.63. The third kappa shape index (κ3) is 1.98. The highest BCUT2D eigenvalue weighted by Crippen LogP contribution is 2.43. The summed E-state index contributed by atoms with van der Waals surface area (Å²) >= 11 is 0. The Morgan fingerprint density at radius 1 is 1.13 bits per heavy atom. The lowest BCUT2D eigenvalue weighted by atomic mass is 9.92. The van der Waals surface area contributed by atoms with Gasteiger partial charge in [-0.25, -0.2) is 0 Å². The summed E-state index contributed by atoms with van der Waals surface area (Å²) in [6.45, 7) is 3.50. The van der Waals surface area contributed by atoms with Crippen LogP contribution >= 0.6 is 0 Å². The highest BCUT2D eigenvalue weighted by atomic mass is 16.3. The Kier molecular flexibility index (Phi) is 2.57. The Balaban J connectivity index is 1.51. The van der Waals surface area contributed by atoms with Crippen LogP contribution < -0.4 is 0 Å². The summed E-state index contributed by atoms with van der Waals surface area (Å²) in [5.74, 6) is 2.69. The van der Waals surface area contributed by atoms with Gasteiger partial charge in [-0.05, 0) is 43.4 Å². The summed E-state index contributed by atoms with van der Waals surface area (Å²) in [4.78, 5) is 2.56. The van der Waals surface area contributed by atoms with E-state index in [0.717, 1.165) is 43.7 Å². The van der Waals surface area contributed by atoms with Gasteiger partial charge < -0.3 is 10.0 Å². The Hall–Kier alpha value is -0.340. The molecular formula is C13H21NO. The number of aliphatic hydroxyl groups excluding tert-OH is 1. The number of piperidine rings is 1. The van der Waals surface area contributed by atoms with Gasteiger partial charge in [-0.15, -0.1) is 0 Å². The van der Waals surface area contributed by atoms with Crippen LogP contribution in [0.4, 0.5) is 0 Å². The fourth-order valence-corrected chi connectivity index (χ4v) is 3.54. The molecule has 0 aromatic carbocycles. The van der Waals surface area contributed by atoms with E-state index in [2.05, 4.69) is 17.1 Å². The number of rotatable bonds is 2. The normalized spacial score (nSPS) is 41.5. The van der Waals surface area contributed by atoms with Gasteiger partial charge >= 0.3 is 0 Å². The second kappa shape index (κ2) is 3.91. The Bertz CT molecular complexity index is 255. The van der Waals surface area contributed by atoms with E-state index < -0.39 is 0 Å². The number of nitrogens with zero attached hydrogens (tertiary/aromatic N) is 1. The first-order valence-corrected chi connectivity index (χ1v) is 6.40. The quantitative estimate of drug-likeness (QED) is 0.696. The molecule has 1 saturated carbocycles. The van der Waals surface area contributed by atoms with E-state index in [4.69, 9.17) is 0 Å². The summed E-state index contributed by atoms with van der Waals surface area (Å²) in [5.41, 5.74) is 0. The van der Waals surface area contributed by atoms with Crippen molar-refractivity contribution < 1.29 is 5.11 Å². The molecule has 3 atom stereocenters. The molecule has 0 unspecified atom stereocenters. The maximum atomic E-state index is 9.46. The highest BCUT2D eigenvalue weighted by molar-refractivity contribution is 5.10. The Labute approximate surface area is 92.0 Å². The summed E-state index contributed by atoms with van der Waals surface area (Å²) in [6, 6.07) is 0. The molecule has 1 N–H and O–H groups in total. The zero-order valence-electron chi connectivity index (χ0n) is 9.31. The van der Waals surface area contributed by atoms with Gasteiger partial charge in [-0.1, -0.05) is 12.2 Å². The molecule has 2 fully saturated rings. The standard InChI is InChI=1S/C13H21NO/c15-13-3-5-14(6-4-13)9-12-8-10-1-2-11(12)7-10/h1-2,10-13,15H,3-9H2/t10-,11+,12-/m0/s1. The maximum Gasteiger partial charge on any atom is 0.0564 e. The van der Waals surface area contributed by atoms with E-state index in [1.807, 2.05) is 0 Å². The first-order chi connectivity index (χ1) is 7.31. The molecule has 3 aliphatic rings. The number of allylic oxidation sites excluding steroid dienone is 2. The van der Waals surface area contributed by atoms with E-state index in [0.29, 0.717) is 0 Å². The van der Waals surface area contributed by atoms with Crippen molar-refractivity contribution in [2.24, 2.45) is 17.8 Å². The van der Waals surface area contributed by atoms with Crippen LogP contribution in [0.15, 0.2) is 12.2 Å². The molecule has 0 aromatic heterocycles. The highest BCUT2D eigenvalue weighted by Gasteiger charge is 2.36. The van der Waals surface area contributed by atoms with Crippen molar-refractivity contribution in [3.05, 3.63) is 12.2 Å². The Morgan fingerprint density at radius 3 is 2.53 bits per heavy atom. The van der Waals surface area contributed by atoms with Crippen LogP contribution in [0.3, 0.4) is 0 Å². The lowest BCUT2D eigenvalue weighted by molar-refractivity contribution is 0.0724. The minimum atomic E-state index is -0.0267. The van der Waals surface area contributed by atoms with Gasteiger partial charge in [0.1, 0.15) is 0 Å². The molecule has 0 amide bonds. The van der Waals surface area contributed by atoms with Crippen LogP contribution in [-0.2, 0) is 0 Å². The lowest BCUT2D eigenvalue weighted by Gasteiger charge is -2.33. The molecule has 1 heterocycles. The summed E-state index contributed by atoms with van der Waals surface area (Å²) in [5, 5.41) is 9.46. The average molecular weight is 207 g/mol. The minimum Gasteiger partial charge on any atom is -0.393 e. The van der Waals surface area contributed by atoms with Crippen molar-refractivity contribution in [1.29, 1.82) is 0 Å². The minimum absolute atomic E-state index is 0.0267. The van der Waals surface area contributed by atoms with Crippen LogP contribution in [0.2, 0.25) is 0 Å². The van der Waals surface area contributed by atoms with Gasteiger partial charge in [0, 0.05) is 19.6 Å². The number of likely N-dealkylation sites (tertiary alicyclic amines) is 1. The number of hydrogen-bond acceptors (Lipinski definition) is 2. The molecule has 2 nitrogen and oxygen atoms in total. The number of hydrogen-bond donors (Lipinski definition) is 1. The Morgan fingerprint density at radius 2 is 1.93 bits per heavy atom. The average Bonchev–Trinajstić information content (AvgIpc) is 2.83. The molecular weight excluding hydrogens is 186 g/mol. The fourth-order valence-electron chi connectivity index (χ4n) is 3.54. The van der Waals surface area contributed by atoms with E-state index in [-0.39, 0.29) is 6.10 Å². The van der Waals surface area contributed by atoms with Crippen molar-refractivity contribution in [1.82, 2.24) is 4.90 Å². The van der Waals surface area contributed by atoms with Gasteiger partial charge in [0.05, 0.1) is 6.10 Å². The predicted octanol–water partition coefficient (Wildman–Crippen LogP) is 1.66. The van der Waals surface area contributed by atoms with Crippen LogP contribution in [0, 0.1) is 17.8 Å². The zero-order valence-corrected chi connectivity index (χ0v) is 9.31. The first-order valence-electron chi connectivity index (χ1n) is 6.40. The predicted molar refractivity (Wildman–Crippen MR) is 60.5 cm³/mol. The van der Waals surface area contributed by atoms with Crippen LogP contribution in [0.25, 0.3) is 0 Å². The molecule has 3 rings (SSSR count). The molecule has 0 spiro atoms. The van der Waals surface area contributed by atoms with Crippen molar-refractivity contribution in [3.8, 4) is 0 Å². The summed E-state index contributed by atoms with van der Waals surface area (Å²) < 4.78 is 0. The third-order valence-electron chi connectivity index (χ3n) is 4.47. The van der Waals surface area contributed by atoms with E-state index in [1.54, 1.807) is 0 Å². The molecule has 2 heteroatoms. The number of fused-ring (bicyclic) bond motifs is 2. The van der Waals surface area contributed by atoms with Crippen LogP contribution in [0.1, 0.15) is 25.7 Å². The molecule has 0 radical (unpaired) electrons. The lowest BCUT2D eigenvalue weighted by Crippen LogP contribution is -2.39. The maximum absolute atomic E-state index is 9.46. The molecule has 2 bridgehead atoms. The van der Waals surface area contributed by atoms with Gasteiger partial charge in [-0.3, -0.25) is 0 Å². The molecule has 1 saturated heterocycles. The fraction of sp³-hybridized carbons (Fsp3) is 0.846. The van der Waals surface area contributed by atoms with Crippen molar-refractivity contribution in [3.63, 3.8) is 0 Å². The molecule has 1 aliphatic heterocycles. The topological polar surface area (TPSA) is 23.5 Å². The molecule has 15 heavy (non-hydrogen) atoms. The number of aliphatic hydroxyl groups is 1. The van der Waals surface area contributed by atoms with E-state index in [1.165, 1.54) is 19.4 Å². The zero-order chi connectivity index (χ0) is 10.3. The van der Waals surface area contributed by atoms with Crippen molar-refractivity contribution >= 4 is 0 Å².